The molecular weight excluding hydrogens is 737 g/mol. The van der Waals surface area contributed by atoms with Crippen LogP contribution < -0.4 is 31.1 Å². The van der Waals surface area contributed by atoms with Gasteiger partial charge in [0.15, 0.2) is 0 Å². The molecule has 298 valence electrons. The zero-order valence-electron chi connectivity index (χ0n) is 36.1. The van der Waals surface area contributed by atoms with Gasteiger partial charge < -0.3 is 14.7 Å². The van der Waals surface area contributed by atoms with E-state index in [0.717, 1.165) is 25.7 Å². The van der Waals surface area contributed by atoms with E-state index in [1.54, 1.807) is 0 Å². The lowest BCUT2D eigenvalue weighted by atomic mass is 9.33. The molecule has 0 N–H and O–H groups in total. The number of para-hydroxylation sites is 2. The Morgan fingerprint density at radius 3 is 2.05 bits per heavy atom. The molecule has 4 heteroatoms. The summed E-state index contributed by atoms with van der Waals surface area (Å²) in [6, 6.07) is 59.4. The second-order valence-electron chi connectivity index (χ2n) is 19.8. The molecular formula is C57H52BN3. The van der Waals surface area contributed by atoms with Crippen LogP contribution in [0.3, 0.4) is 0 Å². The molecule has 4 aliphatic heterocycles. The van der Waals surface area contributed by atoms with Crippen LogP contribution in [-0.4, -0.2) is 12.3 Å². The summed E-state index contributed by atoms with van der Waals surface area (Å²) >= 11 is 0. The first-order chi connectivity index (χ1) is 29.7. The Morgan fingerprint density at radius 2 is 1.21 bits per heavy atom. The Hall–Kier alpha value is -6.00. The van der Waals surface area contributed by atoms with E-state index in [9.17, 15) is 0 Å². The summed E-state index contributed by atoms with van der Waals surface area (Å²) in [4.78, 5) is 8.31. The molecule has 0 aromatic heterocycles. The summed E-state index contributed by atoms with van der Waals surface area (Å²) in [6.07, 6.45) is 6.91. The predicted molar refractivity (Wildman–Crippen MR) is 256 cm³/mol. The van der Waals surface area contributed by atoms with E-state index in [1.165, 1.54) is 108 Å². The van der Waals surface area contributed by atoms with Crippen molar-refractivity contribution >= 4 is 62.9 Å². The average Bonchev–Trinajstić information content (AvgIpc) is 3.66. The Kier molecular flexibility index (Phi) is 7.08. The number of fused-ring (bicyclic) bond motifs is 12. The van der Waals surface area contributed by atoms with Crippen molar-refractivity contribution < 1.29 is 0 Å². The van der Waals surface area contributed by atoms with E-state index < -0.39 is 0 Å². The lowest BCUT2D eigenvalue weighted by molar-refractivity contribution is 0.215. The standard InChI is InChI=1S/C57H52BN3/c1-37-24-27-41(28-25-37)59-49-29-26-38(2)34-47(49)58-46-22-15-21-45-53(46)61(56(5)43-19-10-9-16-39(43)30-33-54(45,56)3)51-36-42(35-50(59)52(51)58)60-48-23-12-11-20-44(48)57(40-17-7-6-8-18-40)32-14-13-31-55(57,60)4/h6-12,15-29,34-36H,13-14,30-33H2,1-5H3. The largest absolute Gasteiger partial charge is 0.334 e. The van der Waals surface area contributed by atoms with Crippen molar-refractivity contribution in [2.75, 3.05) is 14.7 Å². The lowest BCUT2D eigenvalue weighted by Gasteiger charge is -2.54. The van der Waals surface area contributed by atoms with E-state index in [0.29, 0.717) is 0 Å². The maximum atomic E-state index is 2.87. The molecule has 3 nitrogen and oxygen atoms in total. The van der Waals surface area contributed by atoms with Gasteiger partial charge in [0.05, 0.1) is 11.1 Å². The number of rotatable bonds is 3. The summed E-state index contributed by atoms with van der Waals surface area (Å²) in [5.41, 5.74) is 22.7. The SMILES string of the molecule is Cc1ccc(N2c3ccc(C)cc3B3c4cccc5c4N(c4cc(N6c7ccccc7C7(c8ccccc8)CCCCC67C)cc2c43)C2(C)c3ccccc3CCC52C)cc1. The second kappa shape index (κ2) is 12.1. The van der Waals surface area contributed by atoms with Crippen molar-refractivity contribution in [3.63, 3.8) is 0 Å². The Balaban J connectivity index is 1.17. The Labute approximate surface area is 361 Å². The van der Waals surface area contributed by atoms with Gasteiger partial charge in [-0.05, 0) is 134 Å². The van der Waals surface area contributed by atoms with Crippen LogP contribution in [0.25, 0.3) is 0 Å². The van der Waals surface area contributed by atoms with E-state index in [1.807, 2.05) is 0 Å². The van der Waals surface area contributed by atoms with Gasteiger partial charge in [0.1, 0.15) is 0 Å². The highest BCUT2D eigenvalue weighted by atomic mass is 15.3. The highest BCUT2D eigenvalue weighted by Crippen LogP contribution is 2.67. The molecule has 7 aromatic rings. The van der Waals surface area contributed by atoms with Gasteiger partial charge in [0.2, 0.25) is 0 Å². The topological polar surface area (TPSA) is 9.72 Å². The molecule has 6 aliphatic rings. The highest BCUT2D eigenvalue weighted by Gasteiger charge is 2.64. The van der Waals surface area contributed by atoms with Crippen LogP contribution in [-0.2, 0) is 22.8 Å². The summed E-state index contributed by atoms with van der Waals surface area (Å²) in [5.74, 6) is 0. The van der Waals surface area contributed by atoms with Crippen LogP contribution in [0, 0.1) is 13.8 Å². The van der Waals surface area contributed by atoms with Gasteiger partial charge in [0.25, 0.3) is 6.71 Å². The van der Waals surface area contributed by atoms with Crippen LogP contribution in [0.15, 0.2) is 152 Å². The molecule has 4 heterocycles. The first kappa shape index (κ1) is 35.7. The van der Waals surface area contributed by atoms with Crippen LogP contribution in [0.1, 0.15) is 91.8 Å². The molecule has 7 aromatic carbocycles. The number of hydrogen-bond acceptors (Lipinski definition) is 3. The number of nitrogens with zero attached hydrogens (tertiary/aromatic N) is 3. The van der Waals surface area contributed by atoms with Gasteiger partial charge in [-0.15, -0.1) is 0 Å². The van der Waals surface area contributed by atoms with Crippen molar-refractivity contribution in [3.05, 3.63) is 191 Å². The summed E-state index contributed by atoms with van der Waals surface area (Å²) in [5, 5.41) is 0. The van der Waals surface area contributed by atoms with Crippen molar-refractivity contribution in [2.24, 2.45) is 0 Å². The number of hydrogen-bond donors (Lipinski definition) is 0. The van der Waals surface area contributed by atoms with Gasteiger partial charge in [-0.25, -0.2) is 0 Å². The summed E-state index contributed by atoms with van der Waals surface area (Å²) < 4.78 is 0. The lowest BCUT2D eigenvalue weighted by Crippen LogP contribution is -2.64. The maximum absolute atomic E-state index is 2.87. The third-order valence-corrected chi connectivity index (χ3v) is 17.1. The van der Waals surface area contributed by atoms with Gasteiger partial charge in [-0.1, -0.05) is 146 Å². The van der Waals surface area contributed by atoms with E-state index in [-0.39, 0.29) is 28.6 Å². The molecule has 0 saturated heterocycles. The molecule has 0 bridgehead atoms. The number of anilines is 7. The number of aryl methyl sites for hydroxylation is 3. The van der Waals surface area contributed by atoms with Crippen molar-refractivity contribution in [3.8, 4) is 0 Å². The molecule has 4 unspecified atom stereocenters. The van der Waals surface area contributed by atoms with Gasteiger partial charge in [-0.3, -0.25) is 0 Å². The Morgan fingerprint density at radius 1 is 0.508 bits per heavy atom. The van der Waals surface area contributed by atoms with Crippen LogP contribution in [0.5, 0.6) is 0 Å². The molecule has 13 rings (SSSR count). The zero-order valence-corrected chi connectivity index (χ0v) is 36.1. The smallest absolute Gasteiger partial charge is 0.252 e. The minimum atomic E-state index is -0.301. The second-order valence-corrected chi connectivity index (χ2v) is 19.8. The van der Waals surface area contributed by atoms with E-state index >= 15 is 0 Å². The molecule has 2 aliphatic carbocycles. The van der Waals surface area contributed by atoms with Crippen LogP contribution >= 0.6 is 0 Å². The average molecular weight is 790 g/mol. The molecule has 0 spiro atoms. The predicted octanol–water partition coefficient (Wildman–Crippen LogP) is 12.0. The summed E-state index contributed by atoms with van der Waals surface area (Å²) in [6.45, 7) is 12.3. The fourth-order valence-electron chi connectivity index (χ4n) is 14.2. The van der Waals surface area contributed by atoms with Gasteiger partial charge in [0, 0.05) is 50.6 Å². The van der Waals surface area contributed by atoms with Crippen LogP contribution in [0.2, 0.25) is 0 Å². The molecule has 1 saturated carbocycles. The molecule has 0 radical (unpaired) electrons. The third-order valence-electron chi connectivity index (χ3n) is 17.1. The fraction of sp³-hybridized carbons (Fsp3) is 0.263. The Bertz CT molecular complexity index is 2990. The van der Waals surface area contributed by atoms with Gasteiger partial charge in [-0.2, -0.15) is 0 Å². The number of benzene rings is 7. The minimum absolute atomic E-state index is 0.0901. The van der Waals surface area contributed by atoms with Crippen LogP contribution in [0.4, 0.5) is 39.8 Å². The fourth-order valence-corrected chi connectivity index (χ4v) is 14.2. The third kappa shape index (κ3) is 4.22. The van der Waals surface area contributed by atoms with E-state index in [4.69, 9.17) is 0 Å². The van der Waals surface area contributed by atoms with Gasteiger partial charge >= 0.3 is 0 Å². The highest BCUT2D eigenvalue weighted by molar-refractivity contribution is 7.00. The first-order valence-electron chi connectivity index (χ1n) is 22.8. The van der Waals surface area contributed by atoms with E-state index in [2.05, 4.69) is 201 Å². The quantitative estimate of drug-likeness (QED) is 0.165. The normalized spacial score (nSPS) is 25.9. The first-order valence-corrected chi connectivity index (χ1v) is 22.8. The van der Waals surface area contributed by atoms with Crippen molar-refractivity contribution in [2.45, 2.75) is 95.1 Å². The molecule has 61 heavy (non-hydrogen) atoms. The zero-order chi connectivity index (χ0) is 41.0. The molecule has 1 fully saturated rings. The van der Waals surface area contributed by atoms with Crippen molar-refractivity contribution in [1.82, 2.24) is 0 Å². The molecule has 4 atom stereocenters. The summed E-state index contributed by atoms with van der Waals surface area (Å²) in [7, 11) is 0. The monoisotopic (exact) mass is 789 g/mol. The molecule has 0 amide bonds. The minimum Gasteiger partial charge on any atom is -0.334 e. The van der Waals surface area contributed by atoms with Crippen molar-refractivity contribution in [1.29, 1.82) is 0 Å². The maximum Gasteiger partial charge on any atom is 0.252 e.